The Bertz CT molecular complexity index is 519. The van der Waals surface area contributed by atoms with Crippen LogP contribution < -0.4 is 10.6 Å². The first-order valence-electron chi connectivity index (χ1n) is 8.59. The van der Waals surface area contributed by atoms with Gasteiger partial charge in [0.25, 0.3) is 0 Å². The van der Waals surface area contributed by atoms with E-state index in [2.05, 4.69) is 24.5 Å². The predicted molar refractivity (Wildman–Crippen MR) is 95.9 cm³/mol. The number of hydrogen-bond acceptors (Lipinski definition) is 3. The van der Waals surface area contributed by atoms with Gasteiger partial charge >= 0.3 is 6.09 Å². The van der Waals surface area contributed by atoms with Crippen LogP contribution in [-0.2, 0) is 4.74 Å². The molecule has 4 heteroatoms. The number of carbonyl (C=O) groups excluding carboxylic acids is 1. The van der Waals surface area contributed by atoms with Gasteiger partial charge in [0, 0.05) is 17.4 Å². The van der Waals surface area contributed by atoms with Crippen LogP contribution in [-0.4, -0.2) is 17.7 Å². The van der Waals surface area contributed by atoms with Crippen LogP contribution >= 0.6 is 0 Å². The third kappa shape index (κ3) is 5.77. The highest BCUT2D eigenvalue weighted by atomic mass is 16.6. The molecule has 0 radical (unpaired) electrons. The highest BCUT2D eigenvalue weighted by Gasteiger charge is 2.25. The fourth-order valence-electron chi connectivity index (χ4n) is 3.02. The Morgan fingerprint density at radius 2 is 1.70 bits per heavy atom. The van der Waals surface area contributed by atoms with E-state index in [1.807, 2.05) is 45.0 Å². The lowest BCUT2D eigenvalue weighted by Gasteiger charge is -2.34. The summed E-state index contributed by atoms with van der Waals surface area (Å²) in [4.78, 5) is 11.8. The standard InChI is InChI=1S/C19H30N2O2/c1-13-6-7-14(2)17(12-13)20-15-8-10-16(11-9-15)21-18(22)23-19(3,4)5/h8-11,13-14,17,20H,6-7,12H2,1-5H3,(H,21,22). The van der Waals surface area contributed by atoms with Crippen LogP contribution in [0, 0.1) is 11.8 Å². The highest BCUT2D eigenvalue weighted by molar-refractivity contribution is 5.85. The van der Waals surface area contributed by atoms with Crippen molar-refractivity contribution in [2.75, 3.05) is 10.6 Å². The lowest BCUT2D eigenvalue weighted by molar-refractivity contribution is 0.0636. The van der Waals surface area contributed by atoms with E-state index in [-0.39, 0.29) is 0 Å². The number of benzene rings is 1. The average Bonchev–Trinajstić information content (AvgIpc) is 2.43. The van der Waals surface area contributed by atoms with Crippen molar-refractivity contribution in [2.45, 2.75) is 65.5 Å². The Morgan fingerprint density at radius 3 is 2.30 bits per heavy atom. The summed E-state index contributed by atoms with van der Waals surface area (Å²) in [5.74, 6) is 1.49. The molecule has 1 aliphatic rings. The maximum Gasteiger partial charge on any atom is 0.412 e. The van der Waals surface area contributed by atoms with Crippen molar-refractivity contribution in [1.29, 1.82) is 0 Å². The van der Waals surface area contributed by atoms with Crippen LogP contribution in [0.15, 0.2) is 24.3 Å². The molecule has 0 spiro atoms. The molecule has 0 aromatic heterocycles. The highest BCUT2D eigenvalue weighted by Crippen LogP contribution is 2.30. The molecule has 1 amide bonds. The molecule has 3 unspecified atom stereocenters. The van der Waals surface area contributed by atoms with Crippen molar-refractivity contribution in [3.8, 4) is 0 Å². The van der Waals surface area contributed by atoms with Crippen LogP contribution in [0.5, 0.6) is 0 Å². The van der Waals surface area contributed by atoms with Gasteiger partial charge in [0.15, 0.2) is 0 Å². The van der Waals surface area contributed by atoms with E-state index in [4.69, 9.17) is 4.74 Å². The Morgan fingerprint density at radius 1 is 1.09 bits per heavy atom. The molecule has 0 aliphatic heterocycles. The van der Waals surface area contributed by atoms with Crippen LogP contribution in [0.2, 0.25) is 0 Å². The molecule has 0 saturated heterocycles. The minimum atomic E-state index is -0.487. The van der Waals surface area contributed by atoms with Crippen molar-refractivity contribution in [2.24, 2.45) is 11.8 Å². The molecule has 1 aromatic carbocycles. The fraction of sp³-hybridized carbons (Fsp3) is 0.632. The Kier molecular flexibility index (Phi) is 5.55. The molecule has 2 N–H and O–H groups in total. The summed E-state index contributed by atoms with van der Waals surface area (Å²) in [7, 11) is 0. The van der Waals surface area contributed by atoms with Gasteiger partial charge < -0.3 is 10.1 Å². The Hall–Kier alpha value is -1.71. The minimum Gasteiger partial charge on any atom is -0.444 e. The monoisotopic (exact) mass is 318 g/mol. The number of nitrogens with one attached hydrogen (secondary N) is 2. The molecule has 23 heavy (non-hydrogen) atoms. The largest absolute Gasteiger partial charge is 0.444 e. The van der Waals surface area contributed by atoms with Crippen molar-refractivity contribution in [3.63, 3.8) is 0 Å². The van der Waals surface area contributed by atoms with E-state index in [1.54, 1.807) is 0 Å². The maximum atomic E-state index is 11.8. The molecular formula is C19H30N2O2. The number of amides is 1. The van der Waals surface area contributed by atoms with Crippen molar-refractivity contribution in [3.05, 3.63) is 24.3 Å². The summed E-state index contributed by atoms with van der Waals surface area (Å²) in [6.07, 6.45) is 3.42. The minimum absolute atomic E-state index is 0.423. The lowest BCUT2D eigenvalue weighted by atomic mass is 9.80. The van der Waals surface area contributed by atoms with Crippen LogP contribution in [0.4, 0.5) is 16.2 Å². The van der Waals surface area contributed by atoms with E-state index in [0.717, 1.165) is 17.3 Å². The molecule has 1 fully saturated rings. The number of carbonyl (C=O) groups is 1. The second-order valence-corrected chi connectivity index (χ2v) is 7.85. The van der Waals surface area contributed by atoms with Gasteiger partial charge in [-0.05, 0) is 69.7 Å². The zero-order valence-corrected chi connectivity index (χ0v) is 15.0. The summed E-state index contributed by atoms with van der Waals surface area (Å²) in [5, 5.41) is 6.39. The van der Waals surface area contributed by atoms with Crippen LogP contribution in [0.25, 0.3) is 0 Å². The van der Waals surface area contributed by atoms with Crippen molar-refractivity contribution in [1.82, 2.24) is 0 Å². The van der Waals surface area contributed by atoms with E-state index >= 15 is 0 Å². The van der Waals surface area contributed by atoms with E-state index in [9.17, 15) is 4.79 Å². The third-order valence-corrected chi connectivity index (χ3v) is 4.34. The molecule has 1 aliphatic carbocycles. The Balaban J connectivity index is 1.90. The first-order valence-corrected chi connectivity index (χ1v) is 8.59. The second-order valence-electron chi connectivity index (χ2n) is 7.85. The summed E-state index contributed by atoms with van der Waals surface area (Å²) in [6, 6.07) is 8.37. The van der Waals surface area contributed by atoms with E-state index in [0.29, 0.717) is 12.0 Å². The van der Waals surface area contributed by atoms with Gasteiger partial charge in [-0.15, -0.1) is 0 Å². The third-order valence-electron chi connectivity index (χ3n) is 4.34. The number of hydrogen-bond donors (Lipinski definition) is 2. The zero-order valence-electron chi connectivity index (χ0n) is 15.0. The van der Waals surface area contributed by atoms with E-state index < -0.39 is 11.7 Å². The molecule has 2 rings (SSSR count). The predicted octanol–water partition coefficient (Wildman–Crippen LogP) is 5.27. The molecule has 3 atom stereocenters. The van der Waals surface area contributed by atoms with Gasteiger partial charge in [0.2, 0.25) is 0 Å². The summed E-state index contributed by atoms with van der Waals surface area (Å²) in [6.45, 7) is 10.2. The molecular weight excluding hydrogens is 288 g/mol. The lowest BCUT2D eigenvalue weighted by Crippen LogP contribution is -2.33. The van der Waals surface area contributed by atoms with Crippen molar-refractivity contribution < 1.29 is 9.53 Å². The second kappa shape index (κ2) is 7.24. The number of ether oxygens (including phenoxy) is 1. The molecule has 0 heterocycles. The molecule has 1 aromatic rings. The molecule has 1 saturated carbocycles. The first-order chi connectivity index (χ1) is 10.7. The zero-order chi connectivity index (χ0) is 17.0. The van der Waals surface area contributed by atoms with E-state index in [1.165, 1.54) is 19.3 Å². The smallest absolute Gasteiger partial charge is 0.412 e. The summed E-state index contributed by atoms with van der Waals surface area (Å²) in [5.41, 5.74) is 1.36. The van der Waals surface area contributed by atoms with Crippen LogP contribution in [0.3, 0.4) is 0 Å². The Labute approximate surface area is 140 Å². The average molecular weight is 318 g/mol. The topological polar surface area (TPSA) is 50.4 Å². The molecule has 0 bridgehead atoms. The van der Waals surface area contributed by atoms with Gasteiger partial charge in [-0.2, -0.15) is 0 Å². The van der Waals surface area contributed by atoms with Gasteiger partial charge in [0.1, 0.15) is 5.60 Å². The first kappa shape index (κ1) is 17.6. The van der Waals surface area contributed by atoms with Gasteiger partial charge in [-0.1, -0.05) is 20.3 Å². The van der Waals surface area contributed by atoms with Gasteiger partial charge in [0.05, 0.1) is 0 Å². The SMILES string of the molecule is CC1CCC(C)C(Nc2ccc(NC(=O)OC(C)(C)C)cc2)C1. The number of anilines is 2. The number of rotatable bonds is 3. The van der Waals surface area contributed by atoms with Crippen molar-refractivity contribution >= 4 is 17.5 Å². The maximum absolute atomic E-state index is 11.8. The summed E-state index contributed by atoms with van der Waals surface area (Å²) >= 11 is 0. The van der Waals surface area contributed by atoms with Crippen LogP contribution in [0.1, 0.15) is 53.9 Å². The quantitative estimate of drug-likeness (QED) is 0.798. The van der Waals surface area contributed by atoms with Gasteiger partial charge in [-0.3, -0.25) is 5.32 Å². The fourth-order valence-corrected chi connectivity index (χ4v) is 3.02. The summed E-state index contributed by atoms with van der Waals surface area (Å²) < 4.78 is 5.25. The molecule has 4 nitrogen and oxygen atoms in total. The normalized spacial score (nSPS) is 24.8. The molecule has 128 valence electrons. The van der Waals surface area contributed by atoms with Gasteiger partial charge in [-0.25, -0.2) is 4.79 Å².